The molecule has 1 N–H and O–H groups in total. The summed E-state index contributed by atoms with van der Waals surface area (Å²) in [6.07, 6.45) is 0. The summed E-state index contributed by atoms with van der Waals surface area (Å²) in [5.41, 5.74) is 2.46. The molecule has 0 spiro atoms. The van der Waals surface area contributed by atoms with E-state index in [1.807, 2.05) is 0 Å². The Morgan fingerprint density at radius 2 is 1.82 bits per heavy atom. The van der Waals surface area contributed by atoms with Crippen molar-refractivity contribution in [3.05, 3.63) is 64.4 Å². The van der Waals surface area contributed by atoms with Crippen molar-refractivity contribution in [3.8, 4) is 17.2 Å². The Morgan fingerprint density at radius 1 is 1.11 bits per heavy atom. The lowest BCUT2D eigenvalue weighted by atomic mass is 10.2. The summed E-state index contributed by atoms with van der Waals surface area (Å²) in [6.45, 7) is 3.70. The molecule has 0 fully saturated rings. The zero-order valence-electron chi connectivity index (χ0n) is 15.3. The molecule has 146 valence electrons. The van der Waals surface area contributed by atoms with E-state index in [2.05, 4.69) is 9.82 Å². The number of hydrogen-bond acceptors (Lipinski definition) is 5. The Balaban J connectivity index is 1.60. The number of fused-ring (bicyclic) bond motifs is 1. The fourth-order valence-electron chi connectivity index (χ4n) is 3.15. The van der Waals surface area contributed by atoms with Gasteiger partial charge >= 0.3 is 0 Å². The van der Waals surface area contributed by atoms with Crippen LogP contribution in [0.1, 0.15) is 17.0 Å². The van der Waals surface area contributed by atoms with Gasteiger partial charge in [0.15, 0.2) is 11.5 Å². The van der Waals surface area contributed by atoms with Gasteiger partial charge in [0.2, 0.25) is 16.8 Å². The molecule has 1 aliphatic heterocycles. The highest BCUT2D eigenvalue weighted by Crippen LogP contribution is 2.32. The molecule has 3 aromatic rings. The van der Waals surface area contributed by atoms with Crippen molar-refractivity contribution in [1.82, 2.24) is 14.5 Å². The van der Waals surface area contributed by atoms with Crippen LogP contribution in [0.2, 0.25) is 5.02 Å². The standard InChI is InChI=1S/C19H18ClN3O4S/c1-12-19(13(2)23(22-12)16-6-4-15(20)5-7-16)28(24,25)21-10-14-3-8-17-18(9-14)27-11-26-17/h3-9,21H,10-11H2,1-2H3. The number of aromatic nitrogens is 2. The first kappa shape index (κ1) is 18.8. The molecule has 0 aliphatic carbocycles. The third-order valence-corrected chi connectivity index (χ3v) is 6.37. The fraction of sp³-hybridized carbons (Fsp3) is 0.211. The SMILES string of the molecule is Cc1nn(-c2ccc(Cl)cc2)c(C)c1S(=O)(=O)NCc1ccc2c(c1)OCO2. The van der Waals surface area contributed by atoms with Crippen LogP contribution in [0.5, 0.6) is 11.5 Å². The number of ether oxygens (including phenoxy) is 2. The van der Waals surface area contributed by atoms with Gasteiger partial charge in [-0.25, -0.2) is 17.8 Å². The number of rotatable bonds is 5. The number of halogens is 1. The number of hydrogen-bond donors (Lipinski definition) is 1. The molecule has 1 aliphatic rings. The Hall–Kier alpha value is -2.55. The molecule has 0 amide bonds. The Labute approximate surface area is 167 Å². The molecule has 0 saturated carbocycles. The second-order valence-electron chi connectivity index (χ2n) is 6.40. The Kier molecular flexibility index (Phi) is 4.78. The number of aryl methyl sites for hydroxylation is 1. The van der Waals surface area contributed by atoms with Gasteiger partial charge in [-0.15, -0.1) is 0 Å². The Morgan fingerprint density at radius 3 is 2.57 bits per heavy atom. The van der Waals surface area contributed by atoms with E-state index in [1.54, 1.807) is 61.0 Å². The highest BCUT2D eigenvalue weighted by Gasteiger charge is 2.25. The minimum absolute atomic E-state index is 0.129. The number of nitrogens with one attached hydrogen (secondary N) is 1. The second-order valence-corrected chi connectivity index (χ2v) is 8.54. The minimum Gasteiger partial charge on any atom is -0.454 e. The molecule has 7 nitrogen and oxygen atoms in total. The van der Waals surface area contributed by atoms with Crippen LogP contribution in [-0.4, -0.2) is 25.0 Å². The van der Waals surface area contributed by atoms with E-state index in [0.29, 0.717) is 27.9 Å². The van der Waals surface area contributed by atoms with Crippen LogP contribution in [0.25, 0.3) is 5.69 Å². The molecule has 0 bridgehead atoms. The van der Waals surface area contributed by atoms with Gasteiger partial charge < -0.3 is 9.47 Å². The Bertz CT molecular complexity index is 1140. The van der Waals surface area contributed by atoms with Gasteiger partial charge in [-0.1, -0.05) is 17.7 Å². The number of sulfonamides is 1. The summed E-state index contributed by atoms with van der Waals surface area (Å²) >= 11 is 5.93. The molecule has 2 heterocycles. The smallest absolute Gasteiger partial charge is 0.244 e. The maximum Gasteiger partial charge on any atom is 0.244 e. The van der Waals surface area contributed by atoms with Gasteiger partial charge in [0.25, 0.3) is 0 Å². The van der Waals surface area contributed by atoms with Crippen LogP contribution >= 0.6 is 11.6 Å². The molecule has 2 aromatic carbocycles. The summed E-state index contributed by atoms with van der Waals surface area (Å²) in [6, 6.07) is 12.4. The maximum atomic E-state index is 12.9. The summed E-state index contributed by atoms with van der Waals surface area (Å²) in [7, 11) is -3.76. The first-order valence-electron chi connectivity index (χ1n) is 8.55. The lowest BCUT2D eigenvalue weighted by Gasteiger charge is -2.09. The van der Waals surface area contributed by atoms with Gasteiger partial charge in [-0.3, -0.25) is 0 Å². The van der Waals surface area contributed by atoms with Crippen LogP contribution in [0.15, 0.2) is 47.4 Å². The predicted molar refractivity (Wildman–Crippen MR) is 105 cm³/mol. The van der Waals surface area contributed by atoms with Crippen molar-refractivity contribution >= 4 is 21.6 Å². The third kappa shape index (κ3) is 3.46. The molecule has 0 radical (unpaired) electrons. The van der Waals surface area contributed by atoms with Crippen molar-refractivity contribution in [2.24, 2.45) is 0 Å². The number of nitrogens with zero attached hydrogens (tertiary/aromatic N) is 2. The van der Waals surface area contributed by atoms with E-state index in [1.165, 1.54) is 0 Å². The first-order valence-corrected chi connectivity index (χ1v) is 10.4. The highest BCUT2D eigenvalue weighted by atomic mass is 35.5. The molecule has 28 heavy (non-hydrogen) atoms. The molecular weight excluding hydrogens is 402 g/mol. The van der Waals surface area contributed by atoms with Crippen LogP contribution < -0.4 is 14.2 Å². The summed E-state index contributed by atoms with van der Waals surface area (Å²) in [5.74, 6) is 1.27. The molecular formula is C19H18ClN3O4S. The van der Waals surface area contributed by atoms with Crippen LogP contribution in [0, 0.1) is 13.8 Å². The van der Waals surface area contributed by atoms with Gasteiger partial charge in [-0.05, 0) is 55.8 Å². The molecule has 0 unspecified atom stereocenters. The van der Waals surface area contributed by atoms with E-state index >= 15 is 0 Å². The third-order valence-electron chi connectivity index (χ3n) is 4.47. The van der Waals surface area contributed by atoms with E-state index in [0.717, 1.165) is 11.3 Å². The molecule has 1 aromatic heterocycles. The van der Waals surface area contributed by atoms with Crippen molar-refractivity contribution in [2.75, 3.05) is 6.79 Å². The van der Waals surface area contributed by atoms with Gasteiger partial charge in [0.1, 0.15) is 4.90 Å². The van der Waals surface area contributed by atoms with Crippen molar-refractivity contribution < 1.29 is 17.9 Å². The van der Waals surface area contributed by atoms with Gasteiger partial charge in [0.05, 0.1) is 17.1 Å². The second kappa shape index (κ2) is 7.12. The van der Waals surface area contributed by atoms with Crippen LogP contribution in [-0.2, 0) is 16.6 Å². The lowest BCUT2D eigenvalue weighted by molar-refractivity contribution is 0.174. The zero-order valence-corrected chi connectivity index (χ0v) is 16.8. The summed E-state index contributed by atoms with van der Waals surface area (Å²) in [5, 5.41) is 5.00. The normalized spacial score (nSPS) is 13.1. The predicted octanol–water partition coefficient (Wildman–Crippen LogP) is 3.35. The molecule has 4 rings (SSSR count). The van der Waals surface area contributed by atoms with Gasteiger partial charge in [-0.2, -0.15) is 5.10 Å². The summed E-state index contributed by atoms with van der Waals surface area (Å²) < 4.78 is 40.7. The largest absolute Gasteiger partial charge is 0.454 e. The average Bonchev–Trinajstić information content (AvgIpc) is 3.24. The van der Waals surface area contributed by atoms with Crippen molar-refractivity contribution in [2.45, 2.75) is 25.3 Å². The molecule has 0 saturated heterocycles. The molecule has 0 atom stereocenters. The quantitative estimate of drug-likeness (QED) is 0.685. The minimum atomic E-state index is -3.76. The van der Waals surface area contributed by atoms with Gasteiger partial charge in [0, 0.05) is 11.6 Å². The van der Waals surface area contributed by atoms with E-state index < -0.39 is 10.0 Å². The lowest BCUT2D eigenvalue weighted by Crippen LogP contribution is -2.24. The summed E-state index contributed by atoms with van der Waals surface area (Å²) in [4.78, 5) is 0.170. The monoisotopic (exact) mass is 419 g/mol. The topological polar surface area (TPSA) is 82.5 Å². The molecule has 9 heteroatoms. The maximum absolute atomic E-state index is 12.9. The van der Waals surface area contributed by atoms with E-state index in [-0.39, 0.29) is 18.2 Å². The first-order chi connectivity index (χ1) is 13.3. The van der Waals surface area contributed by atoms with E-state index in [4.69, 9.17) is 21.1 Å². The average molecular weight is 420 g/mol. The number of benzene rings is 2. The highest BCUT2D eigenvalue weighted by molar-refractivity contribution is 7.89. The fourth-order valence-corrected chi connectivity index (χ4v) is 4.68. The van der Waals surface area contributed by atoms with Crippen molar-refractivity contribution in [3.63, 3.8) is 0 Å². The van der Waals surface area contributed by atoms with Crippen LogP contribution in [0.4, 0.5) is 0 Å². The van der Waals surface area contributed by atoms with Crippen LogP contribution in [0.3, 0.4) is 0 Å². The van der Waals surface area contributed by atoms with Crippen molar-refractivity contribution in [1.29, 1.82) is 0 Å². The zero-order chi connectivity index (χ0) is 19.9. The van der Waals surface area contributed by atoms with E-state index in [9.17, 15) is 8.42 Å².